The summed E-state index contributed by atoms with van der Waals surface area (Å²) in [5.74, 6) is -1.83. The lowest BCUT2D eigenvalue weighted by molar-refractivity contribution is -0.113. The lowest BCUT2D eigenvalue weighted by atomic mass is 10.2. The molecule has 30 heavy (non-hydrogen) atoms. The summed E-state index contributed by atoms with van der Waals surface area (Å²) < 4.78 is 24.5. The van der Waals surface area contributed by atoms with Gasteiger partial charge in [0.15, 0.2) is 9.84 Å². The number of amides is 2. The maximum atomic E-state index is 12.3. The third-order valence-corrected chi connectivity index (χ3v) is 6.34. The maximum absolute atomic E-state index is 12.3. The highest BCUT2D eigenvalue weighted by molar-refractivity contribution is 7.91. The molecule has 1 heterocycles. The van der Waals surface area contributed by atoms with E-state index in [0.29, 0.717) is 27.4 Å². The first kappa shape index (κ1) is 21.2. The Balaban J connectivity index is 1.54. The molecule has 3 rings (SSSR count). The van der Waals surface area contributed by atoms with E-state index in [9.17, 15) is 18.0 Å². The van der Waals surface area contributed by atoms with E-state index in [1.54, 1.807) is 48.5 Å². The predicted octanol–water partition coefficient (Wildman–Crippen LogP) is 3.43. The van der Waals surface area contributed by atoms with E-state index in [0.717, 1.165) is 0 Å². The van der Waals surface area contributed by atoms with Crippen LogP contribution in [0.15, 0.2) is 66.0 Å². The number of benzene rings is 2. The third-order valence-electron chi connectivity index (χ3n) is 3.99. The molecule has 2 aromatic carbocycles. The van der Waals surface area contributed by atoms with Crippen LogP contribution in [-0.4, -0.2) is 26.0 Å². The van der Waals surface area contributed by atoms with Crippen LogP contribution in [0.1, 0.15) is 20.8 Å². The molecule has 2 N–H and O–H groups in total. The molecule has 0 aliphatic rings. The maximum Gasteiger partial charge on any atom is 0.265 e. The van der Waals surface area contributed by atoms with E-state index in [-0.39, 0.29) is 11.7 Å². The highest BCUT2D eigenvalue weighted by Gasteiger charge is 2.18. The number of carbonyl (C=O) groups is 2. The molecule has 0 aliphatic heterocycles. The molecular formula is C21H17N3O4S2. The Kier molecular flexibility index (Phi) is 6.61. The molecule has 0 radical (unpaired) electrons. The zero-order valence-corrected chi connectivity index (χ0v) is 17.3. The van der Waals surface area contributed by atoms with Crippen molar-refractivity contribution >= 4 is 44.4 Å². The molecule has 0 unspecified atom stereocenters. The van der Waals surface area contributed by atoms with Crippen LogP contribution in [0.5, 0.6) is 0 Å². The fourth-order valence-electron chi connectivity index (χ4n) is 2.61. The van der Waals surface area contributed by atoms with Gasteiger partial charge in [-0.15, -0.1) is 11.3 Å². The number of carbonyl (C=O) groups excluding carboxylic acids is 2. The van der Waals surface area contributed by atoms with Gasteiger partial charge in [0.2, 0.25) is 5.91 Å². The zero-order valence-electron chi connectivity index (χ0n) is 15.7. The topological polar surface area (TPSA) is 116 Å². The second-order valence-corrected chi connectivity index (χ2v) is 9.41. The van der Waals surface area contributed by atoms with Crippen molar-refractivity contribution in [1.82, 2.24) is 0 Å². The summed E-state index contributed by atoms with van der Waals surface area (Å²) >= 11 is 1.33. The van der Waals surface area contributed by atoms with Crippen LogP contribution in [0.2, 0.25) is 0 Å². The molecule has 2 amide bonds. The van der Waals surface area contributed by atoms with Crippen LogP contribution in [-0.2, 0) is 20.4 Å². The standard InChI is InChI=1S/C21H17N3O4S2/c22-12-15-3-5-16(6-4-15)13-30(27,28)14-20(25)23-17-7-9-18(10-8-17)24-21(26)19-2-1-11-29-19/h1-11H,13-14H2,(H,23,25)(H,24,26). The average Bonchev–Trinajstić information content (AvgIpc) is 3.24. The number of hydrogen-bond donors (Lipinski definition) is 2. The van der Waals surface area contributed by atoms with E-state index in [1.165, 1.54) is 23.5 Å². The lowest BCUT2D eigenvalue weighted by Crippen LogP contribution is -2.24. The molecular weight excluding hydrogens is 422 g/mol. The van der Waals surface area contributed by atoms with Gasteiger partial charge in [0.05, 0.1) is 22.3 Å². The first-order valence-corrected chi connectivity index (χ1v) is 11.5. The predicted molar refractivity (Wildman–Crippen MR) is 116 cm³/mol. The van der Waals surface area contributed by atoms with Crippen LogP contribution >= 0.6 is 11.3 Å². The average molecular weight is 440 g/mol. The zero-order chi connectivity index (χ0) is 21.6. The van der Waals surface area contributed by atoms with Crippen molar-refractivity contribution in [2.75, 3.05) is 16.4 Å². The van der Waals surface area contributed by atoms with Crippen LogP contribution in [0.25, 0.3) is 0 Å². The quantitative estimate of drug-likeness (QED) is 0.585. The summed E-state index contributed by atoms with van der Waals surface area (Å²) in [4.78, 5) is 24.7. The van der Waals surface area contributed by atoms with Crippen molar-refractivity contribution in [1.29, 1.82) is 5.26 Å². The number of nitriles is 1. The SMILES string of the molecule is N#Cc1ccc(CS(=O)(=O)CC(=O)Nc2ccc(NC(=O)c3cccs3)cc2)cc1. The fourth-order valence-corrected chi connectivity index (χ4v) is 4.51. The highest BCUT2D eigenvalue weighted by Crippen LogP contribution is 2.17. The van der Waals surface area contributed by atoms with E-state index in [1.807, 2.05) is 11.4 Å². The molecule has 7 nitrogen and oxygen atoms in total. The molecule has 0 saturated heterocycles. The molecule has 0 atom stereocenters. The van der Waals surface area contributed by atoms with Crippen molar-refractivity contribution in [3.63, 3.8) is 0 Å². The van der Waals surface area contributed by atoms with E-state index >= 15 is 0 Å². The number of nitrogens with zero attached hydrogens (tertiary/aromatic N) is 1. The summed E-state index contributed by atoms with van der Waals surface area (Å²) in [6, 6.07) is 18.0. The summed E-state index contributed by atoms with van der Waals surface area (Å²) in [5.41, 5.74) is 1.92. The highest BCUT2D eigenvalue weighted by atomic mass is 32.2. The number of rotatable bonds is 7. The van der Waals surface area contributed by atoms with Gasteiger partial charge in [-0.1, -0.05) is 18.2 Å². The molecule has 0 spiro atoms. The Labute approximate surface area is 177 Å². The van der Waals surface area contributed by atoms with E-state index in [2.05, 4.69) is 10.6 Å². The summed E-state index contributed by atoms with van der Waals surface area (Å²) in [5, 5.41) is 15.9. The number of sulfone groups is 1. The number of thiophene rings is 1. The van der Waals surface area contributed by atoms with Gasteiger partial charge in [0.25, 0.3) is 5.91 Å². The normalized spacial score (nSPS) is 10.8. The minimum absolute atomic E-state index is 0.226. The fraction of sp³-hybridized carbons (Fsp3) is 0.0952. The molecule has 0 fully saturated rings. The van der Waals surface area contributed by atoms with Crippen molar-refractivity contribution in [3.8, 4) is 6.07 Å². The molecule has 1 aromatic heterocycles. The van der Waals surface area contributed by atoms with Gasteiger partial charge in [0.1, 0.15) is 5.75 Å². The first-order valence-electron chi connectivity index (χ1n) is 8.79. The molecule has 0 aliphatic carbocycles. The van der Waals surface area contributed by atoms with Crippen molar-refractivity contribution < 1.29 is 18.0 Å². The molecule has 3 aromatic rings. The first-order chi connectivity index (χ1) is 14.3. The van der Waals surface area contributed by atoms with E-state index in [4.69, 9.17) is 5.26 Å². The van der Waals surface area contributed by atoms with Gasteiger partial charge in [-0.25, -0.2) is 8.42 Å². The summed E-state index contributed by atoms with van der Waals surface area (Å²) in [6.45, 7) is 0. The Morgan fingerprint density at radius 2 is 1.57 bits per heavy atom. The van der Waals surface area contributed by atoms with Crippen molar-refractivity contribution in [2.45, 2.75) is 5.75 Å². The van der Waals surface area contributed by atoms with Crippen LogP contribution < -0.4 is 10.6 Å². The van der Waals surface area contributed by atoms with Crippen LogP contribution in [0.3, 0.4) is 0 Å². The Morgan fingerprint density at radius 1 is 0.933 bits per heavy atom. The minimum atomic E-state index is -3.67. The Bertz CT molecular complexity index is 1180. The molecule has 0 saturated carbocycles. The number of anilines is 2. The summed E-state index contributed by atoms with van der Waals surface area (Å²) in [6.07, 6.45) is 0. The van der Waals surface area contributed by atoms with Gasteiger partial charge in [-0.3, -0.25) is 9.59 Å². The Morgan fingerprint density at radius 3 is 2.13 bits per heavy atom. The Hall–Kier alpha value is -3.48. The van der Waals surface area contributed by atoms with Gasteiger partial charge in [-0.05, 0) is 53.4 Å². The monoisotopic (exact) mass is 439 g/mol. The van der Waals surface area contributed by atoms with Crippen LogP contribution in [0.4, 0.5) is 11.4 Å². The summed E-state index contributed by atoms with van der Waals surface area (Å²) in [7, 11) is -3.67. The number of nitrogens with one attached hydrogen (secondary N) is 2. The van der Waals surface area contributed by atoms with E-state index < -0.39 is 21.5 Å². The van der Waals surface area contributed by atoms with Gasteiger partial charge in [0, 0.05) is 11.4 Å². The van der Waals surface area contributed by atoms with Crippen molar-refractivity contribution in [3.05, 3.63) is 82.0 Å². The van der Waals surface area contributed by atoms with Gasteiger partial charge >= 0.3 is 0 Å². The molecule has 152 valence electrons. The van der Waals surface area contributed by atoms with Gasteiger partial charge in [-0.2, -0.15) is 5.26 Å². The minimum Gasteiger partial charge on any atom is -0.325 e. The van der Waals surface area contributed by atoms with Crippen LogP contribution in [0, 0.1) is 11.3 Å². The third kappa shape index (κ3) is 6.01. The second-order valence-electron chi connectivity index (χ2n) is 6.40. The lowest BCUT2D eigenvalue weighted by Gasteiger charge is -2.08. The molecule has 0 bridgehead atoms. The smallest absolute Gasteiger partial charge is 0.265 e. The second kappa shape index (κ2) is 9.35. The van der Waals surface area contributed by atoms with Gasteiger partial charge < -0.3 is 10.6 Å². The molecule has 9 heteroatoms. The number of hydrogen-bond acceptors (Lipinski definition) is 6. The van der Waals surface area contributed by atoms with Crippen molar-refractivity contribution in [2.24, 2.45) is 0 Å². The largest absolute Gasteiger partial charge is 0.325 e.